The number of methoxy groups -OCH3 is 1. The van der Waals surface area contributed by atoms with Crippen molar-refractivity contribution in [2.75, 3.05) is 12.5 Å². The fraction of sp³-hybridized carbons (Fsp3) is 0.167. The Kier molecular flexibility index (Phi) is 3.47. The van der Waals surface area contributed by atoms with E-state index in [2.05, 4.69) is 25.5 Å². The average Bonchev–Trinajstić information content (AvgIpc) is 2.43. The van der Waals surface area contributed by atoms with Crippen LogP contribution < -0.4 is 5.43 Å². The molecule has 0 atom stereocenters. The molecule has 0 aliphatic rings. The number of hydrogen-bond donors (Lipinski definition) is 1. The van der Waals surface area contributed by atoms with E-state index in [0.29, 0.717) is 5.82 Å². The van der Waals surface area contributed by atoms with E-state index in [4.69, 9.17) is 0 Å². The van der Waals surface area contributed by atoms with Crippen molar-refractivity contribution < 1.29 is 9.53 Å². The maximum absolute atomic E-state index is 11.2. The Morgan fingerprint density at radius 1 is 1.39 bits per heavy atom. The number of benzene rings is 1. The summed E-state index contributed by atoms with van der Waals surface area (Å²) >= 11 is 0. The van der Waals surface area contributed by atoms with Crippen molar-refractivity contribution in [3.05, 3.63) is 30.5 Å². The van der Waals surface area contributed by atoms with Gasteiger partial charge in [0, 0.05) is 10.8 Å². The maximum atomic E-state index is 11.2. The van der Waals surface area contributed by atoms with E-state index in [1.807, 2.05) is 24.3 Å². The van der Waals surface area contributed by atoms with Crippen molar-refractivity contribution in [2.45, 2.75) is 6.92 Å². The normalized spacial score (nSPS) is 11.3. The molecule has 0 unspecified atom stereocenters. The van der Waals surface area contributed by atoms with Gasteiger partial charge in [0.1, 0.15) is 5.71 Å². The van der Waals surface area contributed by atoms with Crippen LogP contribution in [0.3, 0.4) is 0 Å². The van der Waals surface area contributed by atoms with Crippen LogP contribution in [0, 0.1) is 0 Å². The summed E-state index contributed by atoms with van der Waals surface area (Å²) in [6.07, 6.45) is 1.66. The van der Waals surface area contributed by atoms with E-state index >= 15 is 0 Å². The minimum atomic E-state index is -0.490. The van der Waals surface area contributed by atoms with Gasteiger partial charge in [0.15, 0.2) is 5.82 Å². The van der Waals surface area contributed by atoms with Crippen LogP contribution in [0.1, 0.15) is 6.92 Å². The lowest BCUT2D eigenvalue weighted by molar-refractivity contribution is -0.132. The zero-order valence-electron chi connectivity index (χ0n) is 10.0. The third-order valence-electron chi connectivity index (χ3n) is 2.38. The molecule has 0 aliphatic heterocycles. The molecule has 1 N–H and O–H groups in total. The Bertz CT molecular complexity index is 605. The van der Waals surface area contributed by atoms with Crippen molar-refractivity contribution in [1.29, 1.82) is 0 Å². The van der Waals surface area contributed by atoms with Gasteiger partial charge in [0.2, 0.25) is 0 Å². The van der Waals surface area contributed by atoms with Crippen molar-refractivity contribution in [3.63, 3.8) is 0 Å². The van der Waals surface area contributed by atoms with Crippen LogP contribution in [0.4, 0.5) is 5.82 Å². The fourth-order valence-electron chi connectivity index (χ4n) is 1.44. The van der Waals surface area contributed by atoms with Gasteiger partial charge in [-0.1, -0.05) is 24.3 Å². The van der Waals surface area contributed by atoms with Gasteiger partial charge in [-0.25, -0.2) is 4.79 Å². The van der Waals surface area contributed by atoms with Crippen LogP contribution in [-0.2, 0) is 9.53 Å². The number of carbonyl (C=O) groups excluding carboxylic acids is 1. The zero-order chi connectivity index (χ0) is 13.0. The van der Waals surface area contributed by atoms with Crippen LogP contribution in [0.25, 0.3) is 10.8 Å². The minimum Gasteiger partial charge on any atom is -0.464 e. The van der Waals surface area contributed by atoms with Crippen molar-refractivity contribution in [2.24, 2.45) is 5.10 Å². The highest BCUT2D eigenvalue weighted by Gasteiger charge is 2.06. The third-order valence-corrected chi connectivity index (χ3v) is 2.38. The van der Waals surface area contributed by atoms with Crippen LogP contribution in [0.15, 0.2) is 35.6 Å². The molecule has 1 aromatic carbocycles. The SMILES string of the molecule is COC(=O)C(C)=NNc1nncc2ccccc12. The van der Waals surface area contributed by atoms with E-state index in [9.17, 15) is 4.79 Å². The van der Waals surface area contributed by atoms with Gasteiger partial charge in [-0.3, -0.25) is 5.43 Å². The molecule has 0 aliphatic carbocycles. The van der Waals surface area contributed by atoms with Crippen LogP contribution in [0.2, 0.25) is 0 Å². The molecule has 6 heteroatoms. The third kappa shape index (κ3) is 2.42. The van der Waals surface area contributed by atoms with Crippen molar-refractivity contribution in [1.82, 2.24) is 10.2 Å². The molecule has 2 rings (SSSR count). The van der Waals surface area contributed by atoms with Gasteiger partial charge in [-0.05, 0) is 6.92 Å². The Morgan fingerprint density at radius 3 is 2.94 bits per heavy atom. The Hall–Kier alpha value is -2.50. The molecule has 0 radical (unpaired) electrons. The number of aromatic nitrogens is 2. The van der Waals surface area contributed by atoms with Gasteiger partial charge >= 0.3 is 5.97 Å². The van der Waals surface area contributed by atoms with Crippen molar-refractivity contribution >= 4 is 28.3 Å². The number of fused-ring (bicyclic) bond motifs is 1. The van der Waals surface area contributed by atoms with E-state index < -0.39 is 5.97 Å². The monoisotopic (exact) mass is 244 g/mol. The Morgan fingerprint density at radius 2 is 2.17 bits per heavy atom. The highest BCUT2D eigenvalue weighted by Crippen LogP contribution is 2.18. The molecule has 92 valence electrons. The summed E-state index contributed by atoms with van der Waals surface area (Å²) in [5.74, 6) is 0.00653. The molecule has 0 amide bonds. The van der Waals surface area contributed by atoms with Gasteiger partial charge < -0.3 is 4.74 Å². The second-order valence-corrected chi connectivity index (χ2v) is 3.58. The first-order valence-corrected chi connectivity index (χ1v) is 5.31. The number of rotatable bonds is 3. The summed E-state index contributed by atoms with van der Waals surface area (Å²) in [7, 11) is 1.30. The molecule has 18 heavy (non-hydrogen) atoms. The number of nitrogens with one attached hydrogen (secondary N) is 1. The van der Waals surface area contributed by atoms with Gasteiger partial charge in [0.25, 0.3) is 0 Å². The van der Waals surface area contributed by atoms with Gasteiger partial charge in [-0.15, -0.1) is 5.10 Å². The second-order valence-electron chi connectivity index (χ2n) is 3.58. The quantitative estimate of drug-likeness (QED) is 0.504. The molecule has 1 heterocycles. The molecular weight excluding hydrogens is 232 g/mol. The highest BCUT2D eigenvalue weighted by molar-refractivity contribution is 6.35. The van der Waals surface area contributed by atoms with Crippen LogP contribution in [0.5, 0.6) is 0 Å². The number of nitrogens with zero attached hydrogens (tertiary/aromatic N) is 3. The van der Waals surface area contributed by atoms with E-state index in [1.54, 1.807) is 13.1 Å². The first-order valence-electron chi connectivity index (χ1n) is 5.31. The fourth-order valence-corrected chi connectivity index (χ4v) is 1.44. The average molecular weight is 244 g/mol. The molecule has 1 aromatic heterocycles. The molecular formula is C12H12N4O2. The largest absolute Gasteiger partial charge is 0.464 e. The van der Waals surface area contributed by atoms with E-state index in [-0.39, 0.29) is 5.71 Å². The lowest BCUT2D eigenvalue weighted by Crippen LogP contribution is -2.13. The summed E-state index contributed by atoms with van der Waals surface area (Å²) in [4.78, 5) is 11.2. The molecule has 6 nitrogen and oxygen atoms in total. The number of hydrogen-bond acceptors (Lipinski definition) is 6. The molecule has 0 bridgehead atoms. The Labute approximate surface area is 104 Å². The van der Waals surface area contributed by atoms with Gasteiger partial charge in [-0.2, -0.15) is 10.2 Å². The predicted octanol–water partition coefficient (Wildman–Crippen LogP) is 1.59. The van der Waals surface area contributed by atoms with E-state index in [0.717, 1.165) is 10.8 Å². The number of esters is 1. The number of ether oxygens (including phenoxy) is 1. The van der Waals surface area contributed by atoms with Crippen LogP contribution in [-0.4, -0.2) is 29.0 Å². The molecule has 2 aromatic rings. The maximum Gasteiger partial charge on any atom is 0.353 e. The van der Waals surface area contributed by atoms with Crippen LogP contribution >= 0.6 is 0 Å². The standard InChI is InChI=1S/C12H12N4O2/c1-8(12(17)18-2)14-16-11-10-6-4-3-5-9(10)7-13-15-11/h3-7H,1-2H3,(H,15,16). The van der Waals surface area contributed by atoms with Gasteiger partial charge in [0.05, 0.1) is 13.3 Å². The topological polar surface area (TPSA) is 76.5 Å². The Balaban J connectivity index is 2.30. The molecule has 0 saturated heterocycles. The molecule has 0 fully saturated rings. The molecule has 0 saturated carbocycles. The number of carbonyl (C=O) groups is 1. The highest BCUT2D eigenvalue weighted by atomic mass is 16.5. The smallest absolute Gasteiger partial charge is 0.353 e. The van der Waals surface area contributed by atoms with E-state index in [1.165, 1.54) is 7.11 Å². The van der Waals surface area contributed by atoms with Crippen molar-refractivity contribution in [3.8, 4) is 0 Å². The lowest BCUT2D eigenvalue weighted by atomic mass is 10.2. The number of hydrazone groups is 1. The summed E-state index contributed by atoms with van der Waals surface area (Å²) in [5.41, 5.74) is 2.93. The molecule has 0 spiro atoms. The first-order chi connectivity index (χ1) is 8.72. The second kappa shape index (κ2) is 5.22. The summed E-state index contributed by atoms with van der Waals surface area (Å²) in [5, 5.41) is 13.5. The summed E-state index contributed by atoms with van der Waals surface area (Å²) in [6, 6.07) is 7.63. The minimum absolute atomic E-state index is 0.215. The lowest BCUT2D eigenvalue weighted by Gasteiger charge is -2.04. The first kappa shape index (κ1) is 12.0. The summed E-state index contributed by atoms with van der Waals surface area (Å²) in [6.45, 7) is 1.55. The zero-order valence-corrected chi connectivity index (χ0v) is 10.0. The summed E-state index contributed by atoms with van der Waals surface area (Å²) < 4.78 is 4.54. The number of anilines is 1. The predicted molar refractivity (Wildman–Crippen MR) is 68.3 cm³/mol.